The van der Waals surface area contributed by atoms with E-state index in [9.17, 15) is 29.4 Å². The molecule has 0 saturated heterocycles. The maximum Gasteiger partial charge on any atom is 0.328 e. The highest BCUT2D eigenvalue weighted by Crippen LogP contribution is 2.31. The minimum absolute atomic E-state index is 0.0678. The van der Waals surface area contributed by atoms with Crippen molar-refractivity contribution in [2.75, 3.05) is 0 Å². The van der Waals surface area contributed by atoms with Gasteiger partial charge in [0.1, 0.15) is 0 Å². The van der Waals surface area contributed by atoms with Crippen molar-refractivity contribution in [2.45, 2.75) is 73.1 Å². The van der Waals surface area contributed by atoms with Crippen LogP contribution in [0.25, 0.3) is 6.08 Å². The van der Waals surface area contributed by atoms with Crippen LogP contribution in [0.15, 0.2) is 45.6 Å². The fourth-order valence-corrected chi connectivity index (χ4v) is 6.18. The topological polar surface area (TPSA) is 165 Å². The number of aromatic amines is 2. The number of aliphatic imine (C=N–C) groups is 1. The van der Waals surface area contributed by atoms with Crippen molar-refractivity contribution >= 4 is 52.6 Å². The van der Waals surface area contributed by atoms with Gasteiger partial charge in [-0.25, -0.2) is 9.79 Å². The third-order valence-corrected chi connectivity index (χ3v) is 8.52. The molecule has 0 aliphatic carbocycles. The van der Waals surface area contributed by atoms with Crippen molar-refractivity contribution in [1.82, 2.24) is 15.3 Å². The smallest absolute Gasteiger partial charge is 0.328 e. The minimum Gasteiger partial charge on any atom is -0.481 e. The van der Waals surface area contributed by atoms with Gasteiger partial charge >= 0.3 is 11.9 Å². The van der Waals surface area contributed by atoms with E-state index in [-0.39, 0.29) is 18.2 Å². The molecular weight excluding hydrogens is 580 g/mol. The van der Waals surface area contributed by atoms with Crippen LogP contribution in [-0.2, 0) is 44.9 Å². The lowest BCUT2D eigenvalue weighted by Crippen LogP contribution is -2.17. The number of carboxylic acid groups (broad SMARTS) is 2. The first-order valence-corrected chi connectivity index (χ1v) is 14.7. The lowest BCUT2D eigenvalue weighted by atomic mass is 9.98. The molecular formula is C33H36N4O6S. The number of aromatic nitrogens is 2. The average molecular weight is 617 g/mol. The zero-order chi connectivity index (χ0) is 32.5. The first-order chi connectivity index (χ1) is 20.7. The maximum atomic E-state index is 12.4. The molecule has 230 valence electrons. The van der Waals surface area contributed by atoms with E-state index in [0.717, 1.165) is 51.1 Å². The van der Waals surface area contributed by atoms with Crippen LogP contribution < -0.4 is 5.32 Å². The van der Waals surface area contributed by atoms with Gasteiger partial charge < -0.3 is 25.5 Å². The maximum absolute atomic E-state index is 12.4. The number of hydrogen-bond donors (Lipinski definition) is 5. The van der Waals surface area contributed by atoms with Gasteiger partial charge in [-0.15, -0.1) is 0 Å². The van der Waals surface area contributed by atoms with Gasteiger partial charge in [0.05, 0.1) is 5.71 Å². The zero-order valence-electron chi connectivity index (χ0n) is 25.5. The number of allylic oxidation sites excluding steroid dienone is 2. The van der Waals surface area contributed by atoms with Crippen LogP contribution in [0.5, 0.6) is 0 Å². The SMILES string of the molecule is C=C1C(=O)NC(Cc2[nH]c(Cc3[nH]c(CC4=NC(=O)C(CC)=C4C)c(C)c3CCC(=O)O)c(/C=C\C(=O)O)c2C)=C1C(C)=S. The van der Waals surface area contributed by atoms with Crippen LogP contribution in [0.2, 0.25) is 0 Å². The number of nitrogens with zero attached hydrogens (tertiary/aromatic N) is 1. The van der Waals surface area contributed by atoms with Crippen LogP contribution in [0, 0.1) is 13.8 Å². The number of amides is 2. The van der Waals surface area contributed by atoms with E-state index in [1.54, 1.807) is 6.92 Å². The molecule has 2 aliphatic rings. The summed E-state index contributed by atoms with van der Waals surface area (Å²) in [6, 6.07) is 0. The monoisotopic (exact) mass is 616 g/mol. The van der Waals surface area contributed by atoms with E-state index < -0.39 is 11.9 Å². The highest BCUT2D eigenvalue weighted by molar-refractivity contribution is 7.80. The highest BCUT2D eigenvalue weighted by atomic mass is 32.1. The Hall–Kier alpha value is -4.64. The molecule has 2 aliphatic heterocycles. The summed E-state index contributed by atoms with van der Waals surface area (Å²) in [6.45, 7) is 13.2. The summed E-state index contributed by atoms with van der Waals surface area (Å²) >= 11 is 5.38. The Bertz CT molecular complexity index is 1760. The summed E-state index contributed by atoms with van der Waals surface area (Å²) in [5, 5.41) is 21.7. The van der Waals surface area contributed by atoms with Crippen molar-refractivity contribution in [3.63, 3.8) is 0 Å². The Kier molecular flexibility index (Phi) is 9.48. The van der Waals surface area contributed by atoms with E-state index in [0.29, 0.717) is 70.7 Å². The van der Waals surface area contributed by atoms with E-state index in [4.69, 9.17) is 12.2 Å². The molecule has 2 amide bonds. The standard InChI is InChI=1S/C33H36N4O6S/c1-7-20-15(2)25(36-33(20)43)12-23-16(3)21(8-10-29(38)39)26(34-23)14-27-22(9-11-30(40)41)17(4)24(35-27)13-28-31(19(6)44)18(5)32(42)37-28/h9,11,34-35H,5,7-8,10,12-14H2,1-4,6H3,(H,37,42)(H,38,39)(H,40,41)/b11-9-. The third kappa shape index (κ3) is 6.47. The molecule has 2 aromatic heterocycles. The predicted molar refractivity (Wildman–Crippen MR) is 172 cm³/mol. The molecule has 5 N–H and O–H groups in total. The van der Waals surface area contributed by atoms with Gasteiger partial charge in [-0.2, -0.15) is 0 Å². The second kappa shape index (κ2) is 12.9. The van der Waals surface area contributed by atoms with Gasteiger partial charge in [-0.1, -0.05) is 25.7 Å². The fraction of sp³-hybridized carbons (Fsp3) is 0.333. The van der Waals surface area contributed by atoms with Gasteiger partial charge in [0.15, 0.2) is 0 Å². The summed E-state index contributed by atoms with van der Waals surface area (Å²) in [5.74, 6) is -2.54. The van der Waals surface area contributed by atoms with Crippen LogP contribution >= 0.6 is 12.2 Å². The molecule has 44 heavy (non-hydrogen) atoms. The molecule has 2 aromatic rings. The summed E-state index contributed by atoms with van der Waals surface area (Å²) < 4.78 is 0. The number of carbonyl (C=O) groups excluding carboxylic acids is 2. The van der Waals surface area contributed by atoms with Gasteiger partial charge in [0.25, 0.3) is 11.8 Å². The van der Waals surface area contributed by atoms with Crippen LogP contribution in [0.3, 0.4) is 0 Å². The quantitative estimate of drug-likeness (QED) is 0.159. The molecule has 0 aromatic carbocycles. The van der Waals surface area contributed by atoms with Gasteiger partial charge in [0, 0.05) is 81.8 Å². The number of nitrogens with one attached hydrogen (secondary N) is 3. The fourth-order valence-electron chi connectivity index (χ4n) is 5.93. The van der Waals surface area contributed by atoms with Gasteiger partial charge in [0.2, 0.25) is 0 Å². The Balaban J connectivity index is 1.77. The van der Waals surface area contributed by atoms with E-state index in [2.05, 4.69) is 26.9 Å². The van der Waals surface area contributed by atoms with Crippen LogP contribution in [-0.4, -0.2) is 54.5 Å². The van der Waals surface area contributed by atoms with Crippen molar-refractivity contribution in [1.29, 1.82) is 0 Å². The lowest BCUT2D eigenvalue weighted by molar-refractivity contribution is -0.137. The summed E-state index contributed by atoms with van der Waals surface area (Å²) in [6.07, 6.45) is 4.46. The Morgan fingerprint density at radius 3 is 2.23 bits per heavy atom. The predicted octanol–water partition coefficient (Wildman–Crippen LogP) is 4.79. The number of aliphatic carboxylic acids is 2. The van der Waals surface area contributed by atoms with Gasteiger partial charge in [-0.3, -0.25) is 14.4 Å². The summed E-state index contributed by atoms with van der Waals surface area (Å²) in [5.41, 5.74) is 10.2. The molecule has 0 radical (unpaired) electrons. The molecule has 0 fully saturated rings. The number of carboxylic acids is 2. The summed E-state index contributed by atoms with van der Waals surface area (Å²) in [4.78, 5) is 59.5. The number of rotatable bonds is 13. The first-order valence-electron chi connectivity index (χ1n) is 14.3. The van der Waals surface area contributed by atoms with Crippen molar-refractivity contribution in [3.8, 4) is 0 Å². The minimum atomic E-state index is -1.10. The molecule has 0 unspecified atom stereocenters. The Morgan fingerprint density at radius 2 is 1.64 bits per heavy atom. The summed E-state index contributed by atoms with van der Waals surface area (Å²) in [7, 11) is 0. The lowest BCUT2D eigenvalue weighted by Gasteiger charge is -2.06. The largest absolute Gasteiger partial charge is 0.481 e. The molecule has 11 heteroatoms. The average Bonchev–Trinajstić information content (AvgIpc) is 3.59. The van der Waals surface area contributed by atoms with E-state index >= 15 is 0 Å². The van der Waals surface area contributed by atoms with Crippen molar-refractivity contribution in [2.24, 2.45) is 4.99 Å². The molecule has 0 spiro atoms. The second-order valence-electron chi connectivity index (χ2n) is 11.1. The van der Waals surface area contributed by atoms with Gasteiger partial charge in [-0.05, 0) is 74.4 Å². The van der Waals surface area contributed by atoms with Crippen molar-refractivity contribution in [3.05, 3.63) is 85.7 Å². The Morgan fingerprint density at radius 1 is 0.977 bits per heavy atom. The third-order valence-electron chi connectivity index (χ3n) is 8.32. The van der Waals surface area contributed by atoms with E-state index in [1.165, 1.54) is 6.08 Å². The number of carbonyl (C=O) groups is 4. The molecule has 0 bridgehead atoms. The number of H-pyrrole nitrogens is 2. The molecule has 4 heterocycles. The van der Waals surface area contributed by atoms with Crippen molar-refractivity contribution < 1.29 is 29.4 Å². The van der Waals surface area contributed by atoms with E-state index in [1.807, 2.05) is 27.7 Å². The Labute approximate surface area is 260 Å². The molecule has 10 nitrogen and oxygen atoms in total. The molecule has 0 saturated carbocycles. The number of thiocarbonyl (C=S) groups is 1. The molecule has 0 atom stereocenters. The number of hydrogen-bond acceptors (Lipinski definition) is 5. The normalized spacial score (nSPS) is 15.2. The first kappa shape index (κ1) is 32.3. The highest BCUT2D eigenvalue weighted by Gasteiger charge is 2.29. The van der Waals surface area contributed by atoms with Crippen LogP contribution in [0.1, 0.15) is 78.6 Å². The second-order valence-corrected chi connectivity index (χ2v) is 11.7. The van der Waals surface area contributed by atoms with Crippen LogP contribution in [0.4, 0.5) is 0 Å². The zero-order valence-corrected chi connectivity index (χ0v) is 26.3. The molecule has 4 rings (SSSR count).